The van der Waals surface area contributed by atoms with Crippen LogP contribution in [0.25, 0.3) is 0 Å². The minimum absolute atomic E-state index is 0.0940. The second-order valence-corrected chi connectivity index (χ2v) is 8.04. The van der Waals surface area contributed by atoms with Crippen molar-refractivity contribution in [1.82, 2.24) is 4.98 Å². The number of aldehydes is 1. The molecule has 3 rings (SSSR count). The maximum atomic E-state index is 11.4. The summed E-state index contributed by atoms with van der Waals surface area (Å²) in [5.74, 6) is 0. The Balaban J connectivity index is 1.92. The Morgan fingerprint density at radius 3 is 2.76 bits per heavy atom. The van der Waals surface area contributed by atoms with Crippen molar-refractivity contribution in [2.75, 3.05) is 18.1 Å². The van der Waals surface area contributed by atoms with Crippen molar-refractivity contribution < 1.29 is 9.53 Å². The number of carbonyl (C=O) groups is 1. The van der Waals surface area contributed by atoms with Crippen LogP contribution in [-0.4, -0.2) is 36.6 Å². The van der Waals surface area contributed by atoms with Gasteiger partial charge < -0.3 is 9.64 Å². The number of aromatic nitrogens is 1. The highest BCUT2D eigenvalue weighted by Gasteiger charge is 2.36. The highest BCUT2D eigenvalue weighted by molar-refractivity contribution is 7.17. The van der Waals surface area contributed by atoms with E-state index in [4.69, 9.17) is 9.72 Å². The van der Waals surface area contributed by atoms with E-state index < -0.39 is 0 Å². The van der Waals surface area contributed by atoms with Crippen molar-refractivity contribution in [2.24, 2.45) is 0 Å². The van der Waals surface area contributed by atoms with E-state index in [1.807, 2.05) is 0 Å². The normalized spacial score (nSPS) is 26.5. The Hall–Kier alpha value is -0.940. The molecule has 1 aliphatic heterocycles. The van der Waals surface area contributed by atoms with Crippen LogP contribution in [-0.2, 0) is 10.2 Å². The predicted octanol–water partition coefficient (Wildman–Crippen LogP) is 3.40. The quantitative estimate of drug-likeness (QED) is 0.785. The molecule has 2 fully saturated rings. The van der Waals surface area contributed by atoms with E-state index in [9.17, 15) is 4.79 Å². The van der Waals surface area contributed by atoms with Crippen LogP contribution in [0.1, 0.15) is 61.8 Å². The van der Waals surface area contributed by atoms with Crippen LogP contribution >= 0.6 is 11.3 Å². The second kappa shape index (κ2) is 5.69. The highest BCUT2D eigenvalue weighted by atomic mass is 32.1. The van der Waals surface area contributed by atoms with Gasteiger partial charge >= 0.3 is 0 Å². The average Bonchev–Trinajstić information content (AvgIpc) is 2.91. The van der Waals surface area contributed by atoms with Gasteiger partial charge in [-0.15, -0.1) is 0 Å². The van der Waals surface area contributed by atoms with Gasteiger partial charge in [-0.1, -0.05) is 44.9 Å². The summed E-state index contributed by atoms with van der Waals surface area (Å²) in [7, 11) is 0. The van der Waals surface area contributed by atoms with Crippen molar-refractivity contribution >= 4 is 22.8 Å². The average molecular weight is 308 g/mol. The molecule has 2 unspecified atom stereocenters. The summed E-state index contributed by atoms with van der Waals surface area (Å²) in [5.41, 5.74) is 0.833. The van der Waals surface area contributed by atoms with Gasteiger partial charge in [0.15, 0.2) is 11.4 Å². The van der Waals surface area contributed by atoms with Crippen molar-refractivity contribution in [2.45, 2.75) is 64.0 Å². The number of rotatable bonds is 2. The zero-order valence-electron chi connectivity index (χ0n) is 13.1. The number of hydrogen-bond acceptors (Lipinski definition) is 5. The molecule has 5 heteroatoms. The topological polar surface area (TPSA) is 42.4 Å². The summed E-state index contributed by atoms with van der Waals surface area (Å²) in [4.78, 5) is 19.4. The zero-order chi connectivity index (χ0) is 15.0. The van der Waals surface area contributed by atoms with Crippen molar-refractivity contribution in [3.8, 4) is 0 Å². The molecule has 0 radical (unpaired) electrons. The minimum Gasteiger partial charge on any atom is -0.374 e. The van der Waals surface area contributed by atoms with E-state index >= 15 is 0 Å². The first-order valence-corrected chi connectivity index (χ1v) is 8.67. The Morgan fingerprint density at radius 2 is 2.10 bits per heavy atom. The molecule has 2 atom stereocenters. The van der Waals surface area contributed by atoms with E-state index in [1.165, 1.54) is 30.6 Å². The minimum atomic E-state index is -0.0940. The molecule has 0 N–H and O–H groups in total. The molecule has 2 heterocycles. The Bertz CT molecular complexity index is 519. The molecule has 1 aromatic rings. The van der Waals surface area contributed by atoms with Gasteiger partial charge in [0.05, 0.1) is 29.3 Å². The molecule has 21 heavy (non-hydrogen) atoms. The molecule has 1 aromatic heterocycles. The molecule has 1 saturated carbocycles. The van der Waals surface area contributed by atoms with E-state index in [0.29, 0.717) is 12.1 Å². The summed E-state index contributed by atoms with van der Waals surface area (Å²) in [5, 5.41) is 1.00. The maximum absolute atomic E-state index is 11.4. The van der Waals surface area contributed by atoms with Crippen LogP contribution in [0.15, 0.2) is 0 Å². The molecular weight excluding hydrogens is 284 g/mol. The molecule has 1 aliphatic carbocycles. The Labute approximate surface area is 130 Å². The summed E-state index contributed by atoms with van der Waals surface area (Å²) in [6, 6.07) is 0.436. The number of ether oxygens (including phenoxy) is 1. The molecule has 0 amide bonds. The van der Waals surface area contributed by atoms with E-state index in [1.54, 1.807) is 0 Å². The molecule has 2 aliphatic rings. The van der Waals surface area contributed by atoms with E-state index in [-0.39, 0.29) is 5.41 Å². The SMILES string of the molecule is CC(C)(C)c1nc(N2CCOC3CCCCC32)sc1C=O. The number of hydrogen-bond donors (Lipinski definition) is 0. The second-order valence-electron chi connectivity index (χ2n) is 7.03. The van der Waals surface area contributed by atoms with Gasteiger partial charge in [-0.05, 0) is 12.8 Å². The largest absolute Gasteiger partial charge is 0.374 e. The van der Waals surface area contributed by atoms with Crippen LogP contribution in [0.4, 0.5) is 5.13 Å². The fraction of sp³-hybridized carbons (Fsp3) is 0.750. The summed E-state index contributed by atoms with van der Waals surface area (Å²) in [6.45, 7) is 7.99. The number of thiazole rings is 1. The summed E-state index contributed by atoms with van der Waals surface area (Å²) < 4.78 is 5.93. The first-order chi connectivity index (χ1) is 10.0. The lowest BCUT2D eigenvalue weighted by Gasteiger charge is -2.43. The lowest BCUT2D eigenvalue weighted by molar-refractivity contribution is -0.00870. The fourth-order valence-corrected chi connectivity index (χ4v) is 4.57. The Morgan fingerprint density at radius 1 is 1.33 bits per heavy atom. The highest BCUT2D eigenvalue weighted by Crippen LogP contribution is 2.37. The van der Waals surface area contributed by atoms with E-state index in [2.05, 4.69) is 25.7 Å². The van der Waals surface area contributed by atoms with Crippen LogP contribution in [0.5, 0.6) is 0 Å². The van der Waals surface area contributed by atoms with Crippen molar-refractivity contribution in [3.63, 3.8) is 0 Å². The first-order valence-electron chi connectivity index (χ1n) is 7.85. The van der Waals surface area contributed by atoms with Gasteiger partial charge in [-0.3, -0.25) is 4.79 Å². The summed E-state index contributed by atoms with van der Waals surface area (Å²) in [6.07, 6.45) is 6.15. The number of fused-ring (bicyclic) bond motifs is 1. The number of morpholine rings is 1. The molecular formula is C16H24N2O2S. The van der Waals surface area contributed by atoms with Gasteiger partial charge in [-0.2, -0.15) is 0 Å². The molecule has 0 aromatic carbocycles. The van der Waals surface area contributed by atoms with Gasteiger partial charge in [0.25, 0.3) is 0 Å². The standard InChI is InChI=1S/C16H24N2O2S/c1-16(2,3)14-13(10-19)21-15(17-14)18-8-9-20-12-7-5-4-6-11(12)18/h10-12H,4-9H2,1-3H3. The first kappa shape index (κ1) is 15.0. The van der Waals surface area contributed by atoms with E-state index in [0.717, 1.165) is 41.6 Å². The lowest BCUT2D eigenvalue weighted by atomic mass is 9.90. The van der Waals surface area contributed by atoms with Gasteiger partial charge in [0.1, 0.15) is 0 Å². The van der Waals surface area contributed by atoms with Crippen molar-refractivity contribution in [1.29, 1.82) is 0 Å². The van der Waals surface area contributed by atoms with Gasteiger partial charge in [-0.25, -0.2) is 4.98 Å². The molecule has 1 saturated heterocycles. The van der Waals surface area contributed by atoms with Crippen LogP contribution in [0, 0.1) is 0 Å². The third kappa shape index (κ3) is 2.86. The fourth-order valence-electron chi connectivity index (χ4n) is 3.39. The van der Waals surface area contributed by atoms with Gasteiger partial charge in [0, 0.05) is 12.0 Å². The third-order valence-electron chi connectivity index (χ3n) is 4.44. The van der Waals surface area contributed by atoms with Crippen LogP contribution in [0.2, 0.25) is 0 Å². The smallest absolute Gasteiger partial charge is 0.186 e. The number of nitrogens with zero attached hydrogens (tertiary/aromatic N) is 2. The monoisotopic (exact) mass is 308 g/mol. The zero-order valence-corrected chi connectivity index (χ0v) is 13.9. The Kier molecular flexibility index (Phi) is 4.06. The maximum Gasteiger partial charge on any atom is 0.186 e. The number of carbonyl (C=O) groups excluding carboxylic acids is 1. The molecule has 0 bridgehead atoms. The van der Waals surface area contributed by atoms with Gasteiger partial charge in [0.2, 0.25) is 0 Å². The van der Waals surface area contributed by atoms with Crippen LogP contribution in [0.3, 0.4) is 0 Å². The van der Waals surface area contributed by atoms with Crippen LogP contribution < -0.4 is 4.90 Å². The predicted molar refractivity (Wildman–Crippen MR) is 85.5 cm³/mol. The molecule has 4 nitrogen and oxygen atoms in total. The molecule has 116 valence electrons. The third-order valence-corrected chi connectivity index (χ3v) is 5.46. The summed E-state index contributed by atoms with van der Waals surface area (Å²) >= 11 is 1.54. The van der Waals surface area contributed by atoms with Crippen molar-refractivity contribution in [3.05, 3.63) is 10.6 Å². The lowest BCUT2D eigenvalue weighted by Crippen LogP contribution is -2.52. The number of anilines is 1. The molecule has 0 spiro atoms.